The van der Waals surface area contributed by atoms with Crippen molar-refractivity contribution < 1.29 is 24.4 Å². The standard InChI is InChI=1S/C14H14N2O2.C9H13N3O4/c15-8-9-17-12-6-3-7-13-14(12)16-10-4-1-2-5-11(10)18-13;10-7-1-2-12(9(15)11-7)8-3-5(14)6(4-13)16-8/h1-7,16H,8-9,15H2;1-2,5-6,8,13-14H,3-4H2,(H2,10,11,15)/t;5-,6+,8+/m.0/s1. The number of rotatable bonds is 5. The highest BCUT2D eigenvalue weighted by Crippen LogP contribution is 2.46. The molecule has 180 valence electrons. The summed E-state index contributed by atoms with van der Waals surface area (Å²) in [6.45, 7) is 0.690. The number of nitrogens with one attached hydrogen (secondary N) is 1. The smallest absolute Gasteiger partial charge is 0.351 e. The first kappa shape index (κ1) is 23.5. The van der Waals surface area contributed by atoms with E-state index in [1.165, 1.54) is 16.8 Å². The number of aliphatic hydroxyl groups excluding tert-OH is 2. The molecule has 1 saturated heterocycles. The molecule has 0 radical (unpaired) electrons. The van der Waals surface area contributed by atoms with E-state index in [1.807, 2.05) is 42.5 Å². The maximum absolute atomic E-state index is 11.5. The Bertz CT molecular complexity index is 1190. The van der Waals surface area contributed by atoms with E-state index in [-0.39, 0.29) is 18.8 Å². The molecule has 0 saturated carbocycles. The minimum atomic E-state index is -0.778. The van der Waals surface area contributed by atoms with Crippen molar-refractivity contribution in [1.29, 1.82) is 0 Å². The zero-order chi connectivity index (χ0) is 24.1. The molecule has 5 rings (SSSR count). The molecule has 0 aliphatic carbocycles. The number of nitrogens with zero attached hydrogens (tertiary/aromatic N) is 2. The Morgan fingerprint density at radius 1 is 1.18 bits per heavy atom. The zero-order valence-corrected chi connectivity index (χ0v) is 18.3. The molecule has 2 aromatic carbocycles. The van der Waals surface area contributed by atoms with Crippen LogP contribution in [0.4, 0.5) is 17.2 Å². The Labute approximate surface area is 195 Å². The predicted molar refractivity (Wildman–Crippen MR) is 125 cm³/mol. The molecular formula is C23H27N5O6. The van der Waals surface area contributed by atoms with Crippen LogP contribution < -0.4 is 31.9 Å². The molecule has 11 nitrogen and oxygen atoms in total. The lowest BCUT2D eigenvalue weighted by atomic mass is 10.2. The number of nitrogen functional groups attached to an aromatic ring is 1. The quantitative estimate of drug-likeness (QED) is 0.288. The third-order valence-electron chi connectivity index (χ3n) is 5.28. The van der Waals surface area contributed by atoms with Gasteiger partial charge in [0.2, 0.25) is 0 Å². The lowest BCUT2D eigenvalue weighted by Gasteiger charge is -2.23. The number of para-hydroxylation sites is 3. The highest BCUT2D eigenvalue weighted by atomic mass is 16.5. The average molecular weight is 469 g/mol. The molecule has 34 heavy (non-hydrogen) atoms. The maximum Gasteiger partial charge on any atom is 0.351 e. The molecule has 1 aromatic heterocycles. The third kappa shape index (κ3) is 5.13. The summed E-state index contributed by atoms with van der Waals surface area (Å²) in [5, 5.41) is 21.8. The molecule has 0 amide bonds. The fraction of sp³-hybridized carbons (Fsp3) is 0.304. The van der Waals surface area contributed by atoms with Gasteiger partial charge in [0.25, 0.3) is 0 Å². The van der Waals surface area contributed by atoms with E-state index in [0.717, 1.165) is 28.6 Å². The van der Waals surface area contributed by atoms with Crippen LogP contribution in [0.3, 0.4) is 0 Å². The molecule has 3 atom stereocenters. The van der Waals surface area contributed by atoms with Crippen molar-refractivity contribution >= 4 is 17.2 Å². The second-order valence-electron chi connectivity index (χ2n) is 7.65. The first-order valence-corrected chi connectivity index (χ1v) is 10.8. The predicted octanol–water partition coefficient (Wildman–Crippen LogP) is 1.34. The summed E-state index contributed by atoms with van der Waals surface area (Å²) in [5.41, 5.74) is 12.1. The lowest BCUT2D eigenvalue weighted by Crippen LogP contribution is -2.27. The number of fused-ring (bicyclic) bond motifs is 2. The van der Waals surface area contributed by atoms with Gasteiger partial charge in [0.15, 0.2) is 11.5 Å². The van der Waals surface area contributed by atoms with Crippen molar-refractivity contribution in [3.63, 3.8) is 0 Å². The highest BCUT2D eigenvalue weighted by molar-refractivity contribution is 5.79. The fourth-order valence-corrected chi connectivity index (χ4v) is 3.62. The van der Waals surface area contributed by atoms with Crippen LogP contribution in [-0.2, 0) is 4.74 Å². The largest absolute Gasteiger partial charge is 0.490 e. The van der Waals surface area contributed by atoms with Gasteiger partial charge < -0.3 is 41.2 Å². The van der Waals surface area contributed by atoms with Crippen molar-refractivity contribution in [3.8, 4) is 17.2 Å². The van der Waals surface area contributed by atoms with Gasteiger partial charge in [-0.15, -0.1) is 0 Å². The van der Waals surface area contributed by atoms with Gasteiger partial charge in [-0.25, -0.2) is 4.79 Å². The summed E-state index contributed by atoms with van der Waals surface area (Å²) < 4.78 is 18.0. The van der Waals surface area contributed by atoms with Crippen LogP contribution in [0, 0.1) is 0 Å². The molecule has 2 aliphatic heterocycles. The van der Waals surface area contributed by atoms with Crippen LogP contribution in [-0.4, -0.2) is 51.7 Å². The monoisotopic (exact) mass is 469 g/mol. The fourth-order valence-electron chi connectivity index (χ4n) is 3.62. The van der Waals surface area contributed by atoms with E-state index in [0.29, 0.717) is 13.2 Å². The Balaban J connectivity index is 0.000000162. The van der Waals surface area contributed by atoms with Crippen molar-refractivity contribution in [2.24, 2.45) is 5.73 Å². The molecule has 0 spiro atoms. The summed E-state index contributed by atoms with van der Waals surface area (Å²) >= 11 is 0. The van der Waals surface area contributed by atoms with Gasteiger partial charge in [0.1, 0.15) is 36.2 Å². The van der Waals surface area contributed by atoms with E-state index in [4.69, 9.17) is 30.8 Å². The number of hydrogen-bond donors (Lipinski definition) is 5. The number of aliphatic hydroxyl groups is 2. The summed E-state index contributed by atoms with van der Waals surface area (Å²) in [4.78, 5) is 15.0. The van der Waals surface area contributed by atoms with E-state index < -0.39 is 24.1 Å². The van der Waals surface area contributed by atoms with Gasteiger partial charge in [-0.2, -0.15) is 4.98 Å². The van der Waals surface area contributed by atoms with Gasteiger partial charge in [0.05, 0.1) is 18.4 Å². The number of benzene rings is 2. The van der Waals surface area contributed by atoms with Crippen molar-refractivity contribution in [3.05, 3.63) is 65.2 Å². The summed E-state index contributed by atoms with van der Waals surface area (Å²) in [6, 6.07) is 15.0. The van der Waals surface area contributed by atoms with E-state index in [1.54, 1.807) is 0 Å². The molecule has 3 aromatic rings. The van der Waals surface area contributed by atoms with E-state index >= 15 is 0 Å². The van der Waals surface area contributed by atoms with Gasteiger partial charge in [-0.1, -0.05) is 18.2 Å². The van der Waals surface area contributed by atoms with Gasteiger partial charge in [-0.05, 0) is 30.3 Å². The van der Waals surface area contributed by atoms with E-state index in [2.05, 4.69) is 10.3 Å². The minimum Gasteiger partial charge on any atom is -0.490 e. The highest BCUT2D eigenvalue weighted by Gasteiger charge is 2.34. The normalized spacial score (nSPS) is 20.1. The zero-order valence-electron chi connectivity index (χ0n) is 18.3. The molecule has 0 bridgehead atoms. The molecular weight excluding hydrogens is 442 g/mol. The van der Waals surface area contributed by atoms with Gasteiger partial charge in [0, 0.05) is 19.2 Å². The lowest BCUT2D eigenvalue weighted by molar-refractivity contribution is -0.0458. The molecule has 0 unspecified atom stereocenters. The second kappa shape index (κ2) is 10.5. The topological polar surface area (TPSA) is 167 Å². The van der Waals surface area contributed by atoms with E-state index in [9.17, 15) is 9.90 Å². The van der Waals surface area contributed by atoms with Gasteiger partial charge in [-0.3, -0.25) is 4.57 Å². The number of aromatic nitrogens is 2. The maximum atomic E-state index is 11.5. The molecule has 7 N–H and O–H groups in total. The van der Waals surface area contributed by atoms with Crippen LogP contribution in [0.25, 0.3) is 0 Å². The van der Waals surface area contributed by atoms with Crippen molar-refractivity contribution in [2.75, 3.05) is 30.8 Å². The molecule has 11 heteroatoms. The Hall–Kier alpha value is -3.64. The third-order valence-corrected chi connectivity index (χ3v) is 5.28. The Morgan fingerprint density at radius 3 is 2.71 bits per heavy atom. The second-order valence-corrected chi connectivity index (χ2v) is 7.65. The molecule has 2 aliphatic rings. The van der Waals surface area contributed by atoms with Crippen molar-refractivity contribution in [1.82, 2.24) is 9.55 Å². The first-order valence-electron chi connectivity index (χ1n) is 10.8. The van der Waals surface area contributed by atoms with Crippen LogP contribution in [0.5, 0.6) is 17.2 Å². The molecule has 1 fully saturated rings. The number of ether oxygens (including phenoxy) is 3. The number of nitrogens with two attached hydrogens (primary N) is 2. The number of hydrogen-bond acceptors (Lipinski definition) is 10. The molecule has 3 heterocycles. The van der Waals surface area contributed by atoms with Crippen LogP contribution in [0.1, 0.15) is 12.6 Å². The SMILES string of the molecule is NCCOc1cccc2c1Nc1ccccc1O2.Nc1ccn([C@H]2C[C@H](O)[C@@H](CO)O2)c(=O)n1. The Kier molecular flexibility index (Phi) is 7.28. The van der Waals surface area contributed by atoms with Gasteiger partial charge >= 0.3 is 5.69 Å². The number of anilines is 3. The first-order chi connectivity index (χ1) is 16.5. The summed E-state index contributed by atoms with van der Waals surface area (Å²) in [6.07, 6.45) is -0.333. The minimum absolute atomic E-state index is 0.138. The summed E-state index contributed by atoms with van der Waals surface area (Å²) in [5.74, 6) is 2.48. The van der Waals surface area contributed by atoms with Crippen molar-refractivity contribution in [2.45, 2.75) is 24.9 Å². The Morgan fingerprint density at radius 2 is 1.97 bits per heavy atom. The summed E-state index contributed by atoms with van der Waals surface area (Å²) in [7, 11) is 0. The van der Waals surface area contributed by atoms with Crippen LogP contribution in [0.15, 0.2) is 59.5 Å². The average Bonchev–Trinajstić information content (AvgIpc) is 3.22. The van der Waals surface area contributed by atoms with Crippen LogP contribution >= 0.6 is 0 Å². The van der Waals surface area contributed by atoms with Crippen LogP contribution in [0.2, 0.25) is 0 Å².